The van der Waals surface area contributed by atoms with Crippen molar-refractivity contribution in [2.75, 3.05) is 10.6 Å². The van der Waals surface area contributed by atoms with Crippen LogP contribution in [0.1, 0.15) is 31.2 Å². The molecule has 0 saturated heterocycles. The molecule has 0 fully saturated rings. The van der Waals surface area contributed by atoms with E-state index in [0.29, 0.717) is 38.6 Å². The number of amides is 2. The Hall–Kier alpha value is -3.86. The van der Waals surface area contributed by atoms with Gasteiger partial charge in [-0.3, -0.25) is 14.6 Å². The highest BCUT2D eigenvalue weighted by molar-refractivity contribution is 7.20. The molecular formula is C22H14F4N4O2S. The molecular weight excluding hydrogens is 460 g/mol. The molecule has 0 atom stereocenters. The van der Waals surface area contributed by atoms with Crippen LogP contribution in [0.25, 0.3) is 10.3 Å². The van der Waals surface area contributed by atoms with Gasteiger partial charge in [0.25, 0.3) is 11.8 Å². The molecule has 2 aromatic carbocycles. The fraction of sp³-hybridized carbons (Fsp3) is 0.0909. The second-order valence-electron chi connectivity index (χ2n) is 6.99. The lowest BCUT2D eigenvalue weighted by Gasteiger charge is -2.12. The largest absolute Gasteiger partial charge is 0.419 e. The molecule has 2 aromatic heterocycles. The zero-order valence-electron chi connectivity index (χ0n) is 16.8. The molecule has 11 heteroatoms. The first-order chi connectivity index (χ1) is 15.6. The summed E-state index contributed by atoms with van der Waals surface area (Å²) in [6.45, 7) is 1.74. The molecule has 6 nitrogen and oxygen atoms in total. The SMILES string of the molecule is Cc1ccc(NC(=O)c2ccc(F)c(C(F)(F)F)c2)cc1NC(=O)c1cc2nccnc2s1. The zero-order chi connectivity index (χ0) is 23.8. The van der Waals surface area contributed by atoms with E-state index in [9.17, 15) is 27.2 Å². The van der Waals surface area contributed by atoms with Crippen LogP contribution >= 0.6 is 11.3 Å². The molecule has 0 spiro atoms. The number of aromatic nitrogens is 2. The van der Waals surface area contributed by atoms with Crippen molar-refractivity contribution < 1.29 is 27.2 Å². The summed E-state index contributed by atoms with van der Waals surface area (Å²) in [5.74, 6) is -2.73. The van der Waals surface area contributed by atoms with Crippen LogP contribution in [-0.4, -0.2) is 21.8 Å². The van der Waals surface area contributed by atoms with Gasteiger partial charge in [0.2, 0.25) is 0 Å². The number of halogens is 4. The molecule has 2 N–H and O–H groups in total. The van der Waals surface area contributed by atoms with E-state index in [0.717, 1.165) is 6.07 Å². The normalized spacial score (nSPS) is 11.4. The van der Waals surface area contributed by atoms with Crippen molar-refractivity contribution in [2.45, 2.75) is 13.1 Å². The van der Waals surface area contributed by atoms with Crippen LogP contribution in [0, 0.1) is 12.7 Å². The molecule has 4 aromatic rings. The molecule has 0 bridgehead atoms. The smallest absolute Gasteiger partial charge is 0.322 e. The monoisotopic (exact) mass is 474 g/mol. The van der Waals surface area contributed by atoms with E-state index in [-0.39, 0.29) is 11.3 Å². The van der Waals surface area contributed by atoms with Crippen molar-refractivity contribution in [1.82, 2.24) is 9.97 Å². The van der Waals surface area contributed by atoms with Gasteiger partial charge in [-0.05, 0) is 48.9 Å². The van der Waals surface area contributed by atoms with Gasteiger partial charge < -0.3 is 10.6 Å². The Balaban J connectivity index is 1.53. The number of alkyl halides is 3. The molecule has 0 unspecified atom stereocenters. The average molecular weight is 474 g/mol. The van der Waals surface area contributed by atoms with Crippen molar-refractivity contribution in [1.29, 1.82) is 0 Å². The van der Waals surface area contributed by atoms with Crippen LogP contribution in [0.4, 0.5) is 28.9 Å². The molecule has 2 heterocycles. The minimum absolute atomic E-state index is 0.235. The van der Waals surface area contributed by atoms with Crippen LogP contribution in [0.3, 0.4) is 0 Å². The highest BCUT2D eigenvalue weighted by Crippen LogP contribution is 2.32. The lowest BCUT2D eigenvalue weighted by atomic mass is 10.1. The summed E-state index contributed by atoms with van der Waals surface area (Å²) in [7, 11) is 0. The number of hydrogen-bond acceptors (Lipinski definition) is 5. The Bertz CT molecular complexity index is 1350. The zero-order valence-corrected chi connectivity index (χ0v) is 17.6. The van der Waals surface area contributed by atoms with E-state index in [1.807, 2.05) is 0 Å². The minimum Gasteiger partial charge on any atom is -0.322 e. The summed E-state index contributed by atoms with van der Waals surface area (Å²) < 4.78 is 52.3. The van der Waals surface area contributed by atoms with Gasteiger partial charge in [0.1, 0.15) is 16.2 Å². The number of carbonyl (C=O) groups excluding carboxylic acids is 2. The predicted octanol–water partition coefficient (Wildman–Crippen LogP) is 5.66. The molecule has 168 valence electrons. The summed E-state index contributed by atoms with van der Waals surface area (Å²) in [5, 5.41) is 5.20. The Kier molecular flexibility index (Phi) is 5.81. The van der Waals surface area contributed by atoms with Crippen LogP contribution in [-0.2, 0) is 6.18 Å². The maximum absolute atomic E-state index is 13.5. The van der Waals surface area contributed by atoms with Crippen LogP contribution in [0.15, 0.2) is 54.9 Å². The minimum atomic E-state index is -4.93. The van der Waals surface area contributed by atoms with Gasteiger partial charge in [-0.15, -0.1) is 11.3 Å². The number of nitrogens with zero attached hydrogens (tertiary/aromatic N) is 2. The first-order valence-corrected chi connectivity index (χ1v) is 10.2. The highest BCUT2D eigenvalue weighted by atomic mass is 32.1. The number of aryl methyl sites for hydroxylation is 1. The van der Waals surface area contributed by atoms with Crippen molar-refractivity contribution in [3.05, 3.63) is 82.2 Å². The quantitative estimate of drug-likeness (QED) is 0.374. The third kappa shape index (κ3) is 4.82. The molecule has 0 saturated carbocycles. The fourth-order valence-corrected chi connectivity index (χ4v) is 3.84. The van der Waals surface area contributed by atoms with E-state index in [4.69, 9.17) is 0 Å². The van der Waals surface area contributed by atoms with Crippen molar-refractivity contribution in [3.63, 3.8) is 0 Å². The Morgan fingerprint density at radius 3 is 2.42 bits per heavy atom. The van der Waals surface area contributed by atoms with Gasteiger partial charge in [-0.25, -0.2) is 9.37 Å². The van der Waals surface area contributed by atoms with E-state index < -0.39 is 29.4 Å². The van der Waals surface area contributed by atoms with Gasteiger partial charge in [-0.2, -0.15) is 13.2 Å². The fourth-order valence-electron chi connectivity index (χ4n) is 2.99. The van der Waals surface area contributed by atoms with Gasteiger partial charge in [0, 0.05) is 29.3 Å². The number of anilines is 2. The summed E-state index contributed by atoms with van der Waals surface area (Å²) in [6.07, 6.45) is -1.89. The van der Waals surface area contributed by atoms with Crippen molar-refractivity contribution in [2.24, 2.45) is 0 Å². The number of fused-ring (bicyclic) bond motifs is 1. The van der Waals surface area contributed by atoms with E-state index in [1.165, 1.54) is 35.9 Å². The van der Waals surface area contributed by atoms with Gasteiger partial charge in [0.15, 0.2) is 0 Å². The average Bonchev–Trinajstić information content (AvgIpc) is 3.20. The molecule has 0 aliphatic carbocycles. The van der Waals surface area contributed by atoms with Gasteiger partial charge >= 0.3 is 6.18 Å². The number of carbonyl (C=O) groups is 2. The first kappa shape index (κ1) is 22.3. The van der Waals surface area contributed by atoms with E-state index >= 15 is 0 Å². The maximum atomic E-state index is 13.5. The molecule has 0 aliphatic heterocycles. The molecule has 33 heavy (non-hydrogen) atoms. The Morgan fingerprint density at radius 2 is 1.70 bits per heavy atom. The summed E-state index contributed by atoms with van der Waals surface area (Å²) in [4.78, 5) is 34.4. The molecule has 0 radical (unpaired) electrons. The topological polar surface area (TPSA) is 84.0 Å². The highest BCUT2D eigenvalue weighted by Gasteiger charge is 2.34. The van der Waals surface area contributed by atoms with Crippen LogP contribution < -0.4 is 10.6 Å². The predicted molar refractivity (Wildman–Crippen MR) is 116 cm³/mol. The standard InChI is InChI=1S/C22H14F4N4O2S/c1-11-2-4-13(29-19(31)12-3-5-15(23)14(8-12)22(24,25)26)9-16(11)30-20(32)18-10-17-21(33-18)28-7-6-27-17/h2-10H,1H3,(H,29,31)(H,30,32). The second kappa shape index (κ2) is 8.58. The molecule has 0 aliphatic rings. The van der Waals surface area contributed by atoms with Gasteiger partial charge in [0.05, 0.1) is 10.4 Å². The molecule has 4 rings (SSSR count). The maximum Gasteiger partial charge on any atom is 0.419 e. The third-order valence-electron chi connectivity index (χ3n) is 4.67. The second-order valence-corrected chi connectivity index (χ2v) is 8.02. The Labute approximate surface area is 188 Å². The number of thiophene rings is 1. The third-order valence-corrected chi connectivity index (χ3v) is 5.70. The Morgan fingerprint density at radius 1 is 0.939 bits per heavy atom. The number of hydrogen-bond donors (Lipinski definition) is 2. The van der Waals surface area contributed by atoms with Crippen LogP contribution in [0.2, 0.25) is 0 Å². The first-order valence-electron chi connectivity index (χ1n) is 9.42. The number of nitrogens with one attached hydrogen (secondary N) is 2. The number of rotatable bonds is 4. The summed E-state index contributed by atoms with van der Waals surface area (Å²) in [6, 6.07) is 8.24. The van der Waals surface area contributed by atoms with E-state index in [2.05, 4.69) is 20.6 Å². The van der Waals surface area contributed by atoms with Crippen molar-refractivity contribution in [3.8, 4) is 0 Å². The summed E-state index contributed by atoms with van der Waals surface area (Å²) >= 11 is 1.17. The van der Waals surface area contributed by atoms with E-state index in [1.54, 1.807) is 19.1 Å². The van der Waals surface area contributed by atoms with Gasteiger partial charge in [-0.1, -0.05) is 6.07 Å². The van der Waals surface area contributed by atoms with Crippen LogP contribution in [0.5, 0.6) is 0 Å². The lowest BCUT2D eigenvalue weighted by molar-refractivity contribution is -0.140. The lowest BCUT2D eigenvalue weighted by Crippen LogP contribution is -2.16. The van der Waals surface area contributed by atoms with Crippen molar-refractivity contribution >= 4 is 44.9 Å². The number of benzene rings is 2. The molecule has 2 amide bonds. The summed E-state index contributed by atoms with van der Waals surface area (Å²) in [5.41, 5.74) is 0.0203.